The van der Waals surface area contributed by atoms with Gasteiger partial charge in [0.1, 0.15) is 12.2 Å². The van der Waals surface area contributed by atoms with Crippen molar-refractivity contribution in [2.75, 3.05) is 0 Å². The zero-order valence-corrected chi connectivity index (χ0v) is 14.8. The van der Waals surface area contributed by atoms with Crippen molar-refractivity contribution < 1.29 is 24.1 Å². The second-order valence-corrected chi connectivity index (χ2v) is 9.53. The van der Waals surface area contributed by atoms with Gasteiger partial charge in [0.25, 0.3) is 0 Å². The van der Waals surface area contributed by atoms with E-state index in [-0.39, 0.29) is 29.3 Å². The molecule has 2 saturated heterocycles. The van der Waals surface area contributed by atoms with Gasteiger partial charge in [-0.2, -0.15) is 0 Å². The predicted octanol–water partition coefficient (Wildman–Crippen LogP) is 1.84. The van der Waals surface area contributed by atoms with Crippen molar-refractivity contribution in [2.24, 2.45) is 29.1 Å². The van der Waals surface area contributed by atoms with Crippen molar-refractivity contribution in [1.29, 1.82) is 0 Å². The Morgan fingerprint density at radius 1 is 1.15 bits per heavy atom. The molecule has 5 saturated carbocycles. The van der Waals surface area contributed by atoms with E-state index in [1.165, 1.54) is 0 Å². The smallest absolute Gasteiger partial charge is 0.188 e. The molecule has 5 aliphatic carbocycles. The molecular weight excluding hydrogens is 332 g/mol. The highest BCUT2D eigenvalue weighted by atomic mass is 16.8. The van der Waals surface area contributed by atoms with Gasteiger partial charge in [0.05, 0.1) is 12.2 Å². The van der Waals surface area contributed by atoms with Crippen LogP contribution in [0.1, 0.15) is 31.9 Å². The maximum absolute atomic E-state index is 14.1. The van der Waals surface area contributed by atoms with Gasteiger partial charge in [-0.05, 0) is 37.7 Å². The molecule has 26 heavy (non-hydrogen) atoms. The Morgan fingerprint density at radius 3 is 2.65 bits per heavy atom. The number of carbonyl (C=O) groups is 1. The van der Waals surface area contributed by atoms with Crippen molar-refractivity contribution >= 4 is 5.78 Å². The van der Waals surface area contributed by atoms with E-state index in [0.29, 0.717) is 23.3 Å². The number of Topliss-reactive ketones (excluding diaryl/α,β-unsaturated/α-hetero) is 1. The van der Waals surface area contributed by atoms with Crippen molar-refractivity contribution in [3.05, 3.63) is 35.9 Å². The lowest BCUT2D eigenvalue weighted by Crippen LogP contribution is -2.67. The highest BCUT2D eigenvalue weighted by Gasteiger charge is 2.96. The zero-order chi connectivity index (χ0) is 17.6. The summed E-state index contributed by atoms with van der Waals surface area (Å²) in [5, 5.41) is 11.4. The second-order valence-electron chi connectivity index (χ2n) is 9.53. The quantitative estimate of drug-likeness (QED) is 0.878. The zero-order valence-electron chi connectivity index (χ0n) is 14.8. The lowest BCUT2D eigenvalue weighted by molar-refractivity contribution is -0.203. The van der Waals surface area contributed by atoms with E-state index in [9.17, 15) is 9.90 Å². The average molecular weight is 354 g/mol. The van der Waals surface area contributed by atoms with Crippen LogP contribution in [0.15, 0.2) is 30.3 Å². The minimum atomic E-state index is -1.37. The van der Waals surface area contributed by atoms with Crippen molar-refractivity contribution in [2.45, 2.75) is 56.1 Å². The van der Waals surface area contributed by atoms with E-state index in [1.54, 1.807) is 0 Å². The summed E-state index contributed by atoms with van der Waals surface area (Å²) in [4.78, 5) is 14.1. The second kappa shape index (κ2) is 3.95. The Balaban J connectivity index is 1.44. The topological polar surface area (TPSA) is 65.0 Å². The molecular formula is C21H22O5. The van der Waals surface area contributed by atoms with Gasteiger partial charge in [-0.3, -0.25) is 4.79 Å². The Morgan fingerprint density at radius 2 is 1.92 bits per heavy atom. The standard InChI is InChI=1S/C21H22O5/c1-19(2)25-17-15-12-10-8-11-13(14(10)24-15)20(11,12)18(23)21(17,26-19)16(22)9-6-4-3-5-7-9/h3-7,10-17,22H,8H2,1-2H3/t10-,11-,12+,13-,14+,15-,16?,17+,20-,21+/m1/s1. The molecule has 5 nitrogen and oxygen atoms in total. The van der Waals surface area contributed by atoms with E-state index in [4.69, 9.17) is 14.2 Å². The molecule has 0 aromatic heterocycles. The number of rotatable bonds is 2. The molecule has 2 aliphatic heterocycles. The Bertz CT molecular complexity index is 851. The highest BCUT2D eigenvalue weighted by molar-refractivity contribution is 6.01. The Hall–Kier alpha value is -1.27. The minimum Gasteiger partial charge on any atom is -0.385 e. The predicted molar refractivity (Wildman–Crippen MR) is 88.8 cm³/mol. The molecule has 1 spiro atoms. The number of carbonyl (C=O) groups excluding carboxylic acids is 1. The number of benzene rings is 1. The van der Waals surface area contributed by atoms with Crippen LogP contribution in [0, 0.1) is 29.1 Å². The fourth-order valence-electron chi connectivity index (χ4n) is 7.85. The van der Waals surface area contributed by atoms with Crippen molar-refractivity contribution in [1.82, 2.24) is 0 Å². The van der Waals surface area contributed by atoms with Gasteiger partial charge in [-0.1, -0.05) is 30.3 Å². The number of ketones is 1. The molecule has 10 atom stereocenters. The van der Waals surface area contributed by atoms with E-state index in [2.05, 4.69) is 0 Å². The maximum Gasteiger partial charge on any atom is 0.188 e. The fourth-order valence-corrected chi connectivity index (χ4v) is 7.85. The first-order valence-electron chi connectivity index (χ1n) is 9.74. The summed E-state index contributed by atoms with van der Waals surface area (Å²) in [6.07, 6.45) is -0.441. The van der Waals surface area contributed by atoms with Gasteiger partial charge in [-0.15, -0.1) is 0 Å². The van der Waals surface area contributed by atoms with Crippen LogP contribution in [0.25, 0.3) is 0 Å². The fraction of sp³-hybridized carbons (Fsp3) is 0.667. The summed E-state index contributed by atoms with van der Waals surface area (Å²) in [6.45, 7) is 3.66. The summed E-state index contributed by atoms with van der Waals surface area (Å²) in [7, 11) is 0. The summed E-state index contributed by atoms with van der Waals surface area (Å²) >= 11 is 0. The number of aliphatic hydroxyl groups excluding tert-OH is 1. The van der Waals surface area contributed by atoms with Crippen LogP contribution in [0.5, 0.6) is 0 Å². The van der Waals surface area contributed by atoms with Gasteiger partial charge in [0.2, 0.25) is 0 Å². The van der Waals surface area contributed by atoms with Gasteiger partial charge < -0.3 is 19.3 Å². The highest BCUT2D eigenvalue weighted by Crippen LogP contribution is 2.89. The third kappa shape index (κ3) is 1.22. The number of hydrogen-bond donors (Lipinski definition) is 1. The largest absolute Gasteiger partial charge is 0.385 e. The first-order valence-corrected chi connectivity index (χ1v) is 9.74. The van der Waals surface area contributed by atoms with Crippen LogP contribution in [-0.4, -0.2) is 40.6 Å². The van der Waals surface area contributed by atoms with Gasteiger partial charge in [-0.25, -0.2) is 0 Å². The van der Waals surface area contributed by atoms with Crippen molar-refractivity contribution in [3.63, 3.8) is 0 Å². The first-order chi connectivity index (χ1) is 12.4. The summed E-state index contributed by atoms with van der Waals surface area (Å²) in [5.74, 6) is 0.683. The molecule has 1 aromatic carbocycles. The van der Waals surface area contributed by atoms with Crippen molar-refractivity contribution in [3.8, 4) is 0 Å². The maximum atomic E-state index is 14.1. The van der Waals surface area contributed by atoms with E-state index in [1.807, 2.05) is 44.2 Å². The van der Waals surface area contributed by atoms with Gasteiger partial charge >= 0.3 is 0 Å². The third-order valence-corrected chi connectivity index (χ3v) is 8.29. The van der Waals surface area contributed by atoms with Gasteiger partial charge in [0.15, 0.2) is 17.2 Å². The molecule has 6 bridgehead atoms. The Labute approximate surface area is 151 Å². The van der Waals surface area contributed by atoms with Crippen LogP contribution in [-0.2, 0) is 19.0 Å². The molecule has 0 amide bonds. The molecule has 1 N–H and O–H groups in total. The number of hydrogen-bond acceptors (Lipinski definition) is 5. The number of ether oxygens (including phenoxy) is 3. The molecule has 1 aromatic rings. The van der Waals surface area contributed by atoms with E-state index in [0.717, 1.165) is 6.42 Å². The Kier molecular flexibility index (Phi) is 2.24. The molecule has 1 unspecified atom stereocenters. The summed E-state index contributed by atoms with van der Waals surface area (Å²) < 4.78 is 19.0. The summed E-state index contributed by atoms with van der Waals surface area (Å²) in [6, 6.07) is 9.36. The normalized spacial score (nSPS) is 57.3. The molecule has 7 aliphatic rings. The van der Waals surface area contributed by atoms with E-state index < -0.39 is 23.6 Å². The van der Waals surface area contributed by atoms with Crippen LogP contribution in [0.3, 0.4) is 0 Å². The van der Waals surface area contributed by atoms with Crippen LogP contribution >= 0.6 is 0 Å². The summed E-state index contributed by atoms with van der Waals surface area (Å²) in [5.41, 5.74) is -1.00. The average Bonchev–Trinajstić information content (AvgIpc) is 3.11. The number of fused-ring (bicyclic) bond motifs is 2. The minimum absolute atomic E-state index is 0.0847. The molecule has 136 valence electrons. The van der Waals surface area contributed by atoms with Crippen LogP contribution in [0.2, 0.25) is 0 Å². The molecule has 8 rings (SSSR count). The first kappa shape index (κ1) is 14.7. The molecule has 2 heterocycles. The lowest BCUT2D eigenvalue weighted by Gasteiger charge is -2.48. The molecule has 7 fully saturated rings. The third-order valence-electron chi connectivity index (χ3n) is 8.29. The SMILES string of the molecule is CC1(C)O[C@H]2[C@@H]3O[C@H]4[C@@H]5C[C@@H]6[C@H]4[C@]6(C(=O)[C@@]2(C(O)c2ccccc2)O1)[C@@H]53. The van der Waals surface area contributed by atoms with E-state index >= 15 is 0 Å². The monoisotopic (exact) mass is 354 g/mol. The van der Waals surface area contributed by atoms with Crippen LogP contribution < -0.4 is 0 Å². The molecule has 5 heteroatoms. The van der Waals surface area contributed by atoms with Crippen LogP contribution in [0.4, 0.5) is 0 Å². The number of aliphatic hydroxyl groups is 1. The lowest BCUT2D eigenvalue weighted by atomic mass is 9.63. The van der Waals surface area contributed by atoms with Gasteiger partial charge in [0, 0.05) is 17.3 Å². The molecule has 0 radical (unpaired) electrons.